The molecule has 0 bridgehead atoms. The Morgan fingerprint density at radius 2 is 1.64 bits per heavy atom. The first-order valence-corrected chi connectivity index (χ1v) is 9.76. The Hall–Kier alpha value is -2.63. The molecule has 2 heterocycles. The molecule has 0 radical (unpaired) electrons. The fourth-order valence-corrected chi connectivity index (χ4v) is 3.67. The SMILES string of the molecule is O=C(c1cccc(Cl)c1)N1CCN(c2ccc(-c3ccccc3Cl)nn2)CC1. The van der Waals surface area contributed by atoms with Gasteiger partial charge in [0.1, 0.15) is 0 Å². The maximum absolute atomic E-state index is 12.6. The number of carbonyl (C=O) groups excluding carboxylic acids is 1. The van der Waals surface area contributed by atoms with Gasteiger partial charge in [0, 0.05) is 42.3 Å². The lowest BCUT2D eigenvalue weighted by molar-refractivity contribution is 0.0746. The van der Waals surface area contributed by atoms with Gasteiger partial charge in [0.25, 0.3) is 5.91 Å². The Morgan fingerprint density at radius 3 is 2.32 bits per heavy atom. The number of hydrogen-bond donors (Lipinski definition) is 0. The molecule has 1 saturated heterocycles. The number of hydrogen-bond acceptors (Lipinski definition) is 4. The van der Waals surface area contributed by atoms with Crippen LogP contribution in [0.25, 0.3) is 11.3 Å². The second-order valence-electron chi connectivity index (χ2n) is 6.55. The average molecular weight is 413 g/mol. The molecule has 142 valence electrons. The van der Waals surface area contributed by atoms with E-state index in [1.165, 1.54) is 0 Å². The summed E-state index contributed by atoms with van der Waals surface area (Å²) in [5.74, 6) is 0.799. The number of halogens is 2. The molecule has 2 aromatic carbocycles. The van der Waals surface area contributed by atoms with Crippen molar-refractivity contribution >= 4 is 34.9 Å². The van der Waals surface area contributed by atoms with Gasteiger partial charge in [0.15, 0.2) is 5.82 Å². The molecule has 0 aliphatic carbocycles. The Bertz CT molecular complexity index is 986. The molecule has 0 spiro atoms. The summed E-state index contributed by atoms with van der Waals surface area (Å²) in [5, 5.41) is 9.90. The largest absolute Gasteiger partial charge is 0.352 e. The molecule has 1 aliphatic rings. The molecule has 5 nitrogen and oxygen atoms in total. The van der Waals surface area contributed by atoms with Gasteiger partial charge < -0.3 is 9.80 Å². The van der Waals surface area contributed by atoms with E-state index >= 15 is 0 Å². The maximum Gasteiger partial charge on any atom is 0.254 e. The van der Waals surface area contributed by atoms with E-state index in [2.05, 4.69) is 15.1 Å². The van der Waals surface area contributed by atoms with Crippen LogP contribution >= 0.6 is 23.2 Å². The van der Waals surface area contributed by atoms with Crippen molar-refractivity contribution in [2.45, 2.75) is 0 Å². The van der Waals surface area contributed by atoms with E-state index < -0.39 is 0 Å². The van der Waals surface area contributed by atoms with Gasteiger partial charge >= 0.3 is 0 Å². The van der Waals surface area contributed by atoms with Crippen LogP contribution in [-0.2, 0) is 0 Å². The van der Waals surface area contributed by atoms with E-state index in [4.69, 9.17) is 23.2 Å². The molecule has 4 rings (SSSR count). The van der Waals surface area contributed by atoms with E-state index in [9.17, 15) is 4.79 Å². The third-order valence-electron chi connectivity index (χ3n) is 4.76. The Labute approximate surface area is 173 Å². The summed E-state index contributed by atoms with van der Waals surface area (Å²) in [6.45, 7) is 2.65. The van der Waals surface area contributed by atoms with Crippen LogP contribution in [0.15, 0.2) is 60.7 Å². The molecule has 0 saturated carbocycles. The van der Waals surface area contributed by atoms with Crippen molar-refractivity contribution in [2.75, 3.05) is 31.1 Å². The molecule has 0 N–H and O–H groups in total. The zero-order chi connectivity index (χ0) is 19.5. The van der Waals surface area contributed by atoms with E-state index in [-0.39, 0.29) is 5.91 Å². The van der Waals surface area contributed by atoms with Crippen LogP contribution in [0.3, 0.4) is 0 Å². The zero-order valence-electron chi connectivity index (χ0n) is 15.1. The smallest absolute Gasteiger partial charge is 0.254 e. The minimum atomic E-state index is 0.00213. The van der Waals surface area contributed by atoms with Gasteiger partial charge in [-0.25, -0.2) is 0 Å². The highest BCUT2D eigenvalue weighted by molar-refractivity contribution is 6.33. The lowest BCUT2D eigenvalue weighted by Gasteiger charge is -2.35. The summed E-state index contributed by atoms with van der Waals surface area (Å²) in [6, 6.07) is 18.5. The molecule has 0 unspecified atom stereocenters. The fourth-order valence-electron chi connectivity index (χ4n) is 3.25. The minimum Gasteiger partial charge on any atom is -0.352 e. The second kappa shape index (κ2) is 8.17. The molecule has 1 amide bonds. The molecule has 28 heavy (non-hydrogen) atoms. The Balaban J connectivity index is 1.41. The maximum atomic E-state index is 12.6. The number of rotatable bonds is 3. The molecule has 1 aliphatic heterocycles. The van der Waals surface area contributed by atoms with Crippen LogP contribution in [0.1, 0.15) is 10.4 Å². The van der Waals surface area contributed by atoms with E-state index in [0.717, 1.165) is 17.1 Å². The molecule has 7 heteroatoms. The summed E-state index contributed by atoms with van der Waals surface area (Å²) in [7, 11) is 0. The minimum absolute atomic E-state index is 0.00213. The highest BCUT2D eigenvalue weighted by Crippen LogP contribution is 2.26. The number of piperazine rings is 1. The number of carbonyl (C=O) groups is 1. The second-order valence-corrected chi connectivity index (χ2v) is 7.39. The first-order valence-electron chi connectivity index (χ1n) is 9.00. The normalized spacial score (nSPS) is 14.2. The lowest BCUT2D eigenvalue weighted by atomic mass is 10.1. The summed E-state index contributed by atoms with van der Waals surface area (Å²) in [5.41, 5.74) is 2.22. The van der Waals surface area contributed by atoms with Crippen molar-refractivity contribution in [1.82, 2.24) is 15.1 Å². The van der Waals surface area contributed by atoms with Crippen LogP contribution in [0.5, 0.6) is 0 Å². The fraction of sp³-hybridized carbons (Fsp3) is 0.190. The van der Waals surface area contributed by atoms with Gasteiger partial charge in [-0.15, -0.1) is 10.2 Å². The summed E-state index contributed by atoms with van der Waals surface area (Å²) >= 11 is 12.2. The van der Waals surface area contributed by atoms with Crippen molar-refractivity contribution in [1.29, 1.82) is 0 Å². The number of anilines is 1. The van der Waals surface area contributed by atoms with Gasteiger partial charge in [-0.3, -0.25) is 4.79 Å². The predicted octanol–water partition coefficient (Wildman–Crippen LogP) is 4.41. The van der Waals surface area contributed by atoms with Crippen LogP contribution < -0.4 is 4.90 Å². The van der Waals surface area contributed by atoms with Gasteiger partial charge in [0.05, 0.1) is 10.7 Å². The first kappa shape index (κ1) is 18.7. The zero-order valence-corrected chi connectivity index (χ0v) is 16.6. The van der Waals surface area contributed by atoms with Crippen molar-refractivity contribution < 1.29 is 4.79 Å². The average Bonchev–Trinajstić information content (AvgIpc) is 2.74. The van der Waals surface area contributed by atoms with Crippen molar-refractivity contribution in [2.24, 2.45) is 0 Å². The van der Waals surface area contributed by atoms with Gasteiger partial charge in [-0.2, -0.15) is 0 Å². The third kappa shape index (κ3) is 3.96. The molecule has 0 atom stereocenters. The molecular formula is C21H18Cl2N4O. The van der Waals surface area contributed by atoms with Crippen molar-refractivity contribution in [3.8, 4) is 11.3 Å². The van der Waals surface area contributed by atoms with E-state index in [1.807, 2.05) is 41.3 Å². The topological polar surface area (TPSA) is 49.3 Å². The lowest BCUT2D eigenvalue weighted by Crippen LogP contribution is -2.49. The Morgan fingerprint density at radius 1 is 0.857 bits per heavy atom. The highest BCUT2D eigenvalue weighted by Gasteiger charge is 2.23. The quantitative estimate of drug-likeness (QED) is 0.638. The van der Waals surface area contributed by atoms with E-state index in [0.29, 0.717) is 41.8 Å². The number of benzene rings is 2. The van der Waals surface area contributed by atoms with Gasteiger partial charge in [0.2, 0.25) is 0 Å². The molecular weight excluding hydrogens is 395 g/mol. The predicted molar refractivity (Wildman–Crippen MR) is 112 cm³/mol. The van der Waals surface area contributed by atoms with Crippen LogP contribution in [0.2, 0.25) is 10.0 Å². The number of nitrogens with zero attached hydrogens (tertiary/aromatic N) is 4. The monoisotopic (exact) mass is 412 g/mol. The van der Waals surface area contributed by atoms with Gasteiger partial charge in [-0.1, -0.05) is 47.5 Å². The standard InChI is InChI=1S/C21H18Cl2N4O/c22-16-5-3-4-15(14-16)21(28)27-12-10-26(11-13-27)20-9-8-19(24-25-20)17-6-1-2-7-18(17)23/h1-9,14H,10-13H2. The summed E-state index contributed by atoms with van der Waals surface area (Å²) < 4.78 is 0. The van der Waals surface area contributed by atoms with Crippen LogP contribution in [0, 0.1) is 0 Å². The third-order valence-corrected chi connectivity index (χ3v) is 5.33. The van der Waals surface area contributed by atoms with E-state index in [1.54, 1.807) is 24.3 Å². The van der Waals surface area contributed by atoms with Crippen molar-refractivity contribution in [3.63, 3.8) is 0 Å². The number of aromatic nitrogens is 2. The molecule has 1 aromatic heterocycles. The Kier molecular flexibility index (Phi) is 5.46. The molecule has 1 fully saturated rings. The van der Waals surface area contributed by atoms with Crippen molar-refractivity contribution in [3.05, 3.63) is 76.3 Å². The van der Waals surface area contributed by atoms with Crippen LogP contribution in [0.4, 0.5) is 5.82 Å². The summed E-state index contributed by atoms with van der Waals surface area (Å²) in [4.78, 5) is 16.6. The van der Waals surface area contributed by atoms with Crippen LogP contribution in [-0.4, -0.2) is 47.2 Å². The highest BCUT2D eigenvalue weighted by atomic mass is 35.5. The van der Waals surface area contributed by atoms with Gasteiger partial charge in [-0.05, 0) is 36.4 Å². The number of amides is 1. The first-order chi connectivity index (χ1) is 13.6. The summed E-state index contributed by atoms with van der Waals surface area (Å²) in [6.07, 6.45) is 0. The molecule has 3 aromatic rings.